The topological polar surface area (TPSA) is 118 Å². The van der Waals surface area contributed by atoms with Gasteiger partial charge in [-0.3, -0.25) is 23.2 Å². The predicted octanol–water partition coefficient (Wildman–Crippen LogP) is 3.40. The number of halogens is 3. The lowest BCUT2D eigenvalue weighted by molar-refractivity contribution is -0.137. The summed E-state index contributed by atoms with van der Waals surface area (Å²) < 4.78 is 67.3. The van der Waals surface area contributed by atoms with E-state index in [2.05, 4.69) is 5.32 Å². The molecule has 3 aromatic rings. The van der Waals surface area contributed by atoms with Gasteiger partial charge in [0.25, 0.3) is 11.5 Å². The van der Waals surface area contributed by atoms with E-state index in [1.54, 1.807) is 24.3 Å². The summed E-state index contributed by atoms with van der Waals surface area (Å²) in [6.45, 7) is 2.45. The van der Waals surface area contributed by atoms with Gasteiger partial charge >= 0.3 is 12.1 Å². The van der Waals surface area contributed by atoms with E-state index in [1.165, 1.54) is 13.0 Å². The van der Waals surface area contributed by atoms with Crippen molar-refractivity contribution in [1.82, 2.24) is 9.88 Å². The first-order valence-corrected chi connectivity index (χ1v) is 11.7. The highest BCUT2D eigenvalue weighted by atomic mass is 32.2. The first kappa shape index (κ1) is 26.8. The first-order valence-electron chi connectivity index (χ1n) is 10.4. The number of hydrogen-bond acceptors (Lipinski definition) is 6. The SMILES string of the molecule is CC(=O)Oc1cc(C(=O)NCc2ccc(CS(=O)[O-])cc2)c(=O)n(-c2cccc(C(F)(F)F)c2)c1C. The molecule has 1 heterocycles. The minimum Gasteiger partial charge on any atom is -0.772 e. The van der Waals surface area contributed by atoms with Gasteiger partial charge in [0.15, 0.2) is 5.75 Å². The Morgan fingerprint density at radius 2 is 1.72 bits per heavy atom. The largest absolute Gasteiger partial charge is 0.772 e. The normalized spacial score (nSPS) is 12.2. The van der Waals surface area contributed by atoms with E-state index in [0.29, 0.717) is 11.1 Å². The second-order valence-corrected chi connectivity index (χ2v) is 8.63. The van der Waals surface area contributed by atoms with Crippen LogP contribution in [0.15, 0.2) is 59.4 Å². The molecule has 0 aliphatic rings. The molecule has 0 saturated heterocycles. The minimum atomic E-state index is -4.67. The minimum absolute atomic E-state index is 0.0254. The third-order valence-corrected chi connectivity index (χ3v) is 5.66. The molecule has 3 rings (SSSR count). The zero-order valence-corrected chi connectivity index (χ0v) is 19.9. The Labute approximate surface area is 206 Å². The van der Waals surface area contributed by atoms with Gasteiger partial charge < -0.3 is 14.6 Å². The van der Waals surface area contributed by atoms with E-state index >= 15 is 0 Å². The van der Waals surface area contributed by atoms with Crippen LogP contribution in [0.3, 0.4) is 0 Å². The Bertz CT molecular complexity index is 1380. The Balaban J connectivity index is 1.98. The molecular formula is C24H20F3N2O6S-. The number of alkyl halides is 3. The van der Waals surface area contributed by atoms with Crippen molar-refractivity contribution in [3.05, 3.63) is 92.9 Å². The highest BCUT2D eigenvalue weighted by molar-refractivity contribution is 7.78. The van der Waals surface area contributed by atoms with Crippen molar-refractivity contribution >= 4 is 23.0 Å². The molecule has 1 atom stereocenters. The van der Waals surface area contributed by atoms with Crippen molar-refractivity contribution in [2.45, 2.75) is 32.3 Å². The number of carbonyl (C=O) groups excluding carboxylic acids is 2. The fourth-order valence-corrected chi connectivity index (χ4v) is 3.86. The number of esters is 1. The monoisotopic (exact) mass is 521 g/mol. The smallest absolute Gasteiger partial charge is 0.416 e. The van der Waals surface area contributed by atoms with Crippen LogP contribution < -0.4 is 15.6 Å². The zero-order valence-electron chi connectivity index (χ0n) is 19.0. The van der Waals surface area contributed by atoms with Gasteiger partial charge in [0.05, 0.1) is 11.3 Å². The van der Waals surface area contributed by atoms with Crippen molar-refractivity contribution in [3.63, 3.8) is 0 Å². The van der Waals surface area contributed by atoms with Gasteiger partial charge in [-0.2, -0.15) is 13.2 Å². The maximum atomic E-state index is 13.2. The van der Waals surface area contributed by atoms with E-state index in [4.69, 9.17) is 4.74 Å². The number of ether oxygens (including phenoxy) is 1. The van der Waals surface area contributed by atoms with Crippen LogP contribution in [0.1, 0.15) is 39.7 Å². The highest BCUT2D eigenvalue weighted by Crippen LogP contribution is 2.31. The summed E-state index contributed by atoms with van der Waals surface area (Å²) in [5, 5.41) is 2.54. The molecule has 1 amide bonds. The molecule has 0 aliphatic carbocycles. The molecule has 190 valence electrons. The number of pyridine rings is 1. The van der Waals surface area contributed by atoms with Gasteiger partial charge in [-0.1, -0.05) is 41.4 Å². The predicted molar refractivity (Wildman–Crippen MR) is 123 cm³/mol. The number of rotatable bonds is 7. The van der Waals surface area contributed by atoms with Gasteiger partial charge in [0.2, 0.25) is 0 Å². The van der Waals surface area contributed by atoms with Crippen LogP contribution in [0.25, 0.3) is 5.69 Å². The van der Waals surface area contributed by atoms with E-state index in [0.717, 1.165) is 35.8 Å². The first-order chi connectivity index (χ1) is 16.9. The quantitative estimate of drug-likeness (QED) is 0.376. The standard InChI is InChI=1S/C24H21F3N2O6S/c1-14-21(35-15(2)30)11-20(22(31)28-12-16-6-8-17(9-7-16)13-36(33)34)23(32)29(14)19-5-3-4-18(10-19)24(25,26)27/h3-11H,12-13H2,1-2H3,(H,28,31)(H,33,34)/p-1. The molecule has 0 radical (unpaired) electrons. The average Bonchev–Trinajstić information content (AvgIpc) is 2.79. The van der Waals surface area contributed by atoms with Crippen molar-refractivity contribution < 1.29 is 36.3 Å². The molecule has 1 unspecified atom stereocenters. The maximum Gasteiger partial charge on any atom is 0.416 e. The maximum absolute atomic E-state index is 13.2. The number of nitrogens with zero attached hydrogens (tertiary/aromatic N) is 1. The molecule has 1 aromatic heterocycles. The van der Waals surface area contributed by atoms with Crippen LogP contribution >= 0.6 is 0 Å². The molecule has 0 bridgehead atoms. The van der Waals surface area contributed by atoms with Crippen LogP contribution in [-0.2, 0) is 34.3 Å². The summed E-state index contributed by atoms with van der Waals surface area (Å²) in [6.07, 6.45) is -4.67. The second-order valence-electron chi connectivity index (χ2n) is 7.74. The lowest BCUT2D eigenvalue weighted by atomic mass is 10.1. The van der Waals surface area contributed by atoms with Crippen molar-refractivity contribution in [1.29, 1.82) is 0 Å². The van der Waals surface area contributed by atoms with E-state index < -0.39 is 45.8 Å². The Morgan fingerprint density at radius 1 is 1.08 bits per heavy atom. The summed E-state index contributed by atoms with van der Waals surface area (Å²) in [5.74, 6) is -1.93. The van der Waals surface area contributed by atoms with Gasteiger partial charge in [-0.25, -0.2) is 0 Å². The Morgan fingerprint density at radius 3 is 2.31 bits per heavy atom. The highest BCUT2D eigenvalue weighted by Gasteiger charge is 2.31. The number of carbonyl (C=O) groups is 2. The van der Waals surface area contributed by atoms with Gasteiger partial charge in [-0.05, 0) is 36.2 Å². The number of hydrogen-bond donors (Lipinski definition) is 1. The van der Waals surface area contributed by atoms with Crippen LogP contribution in [-0.4, -0.2) is 25.2 Å². The lowest BCUT2D eigenvalue weighted by Crippen LogP contribution is -2.33. The number of nitrogens with one attached hydrogen (secondary N) is 1. The van der Waals surface area contributed by atoms with Crippen molar-refractivity contribution in [2.75, 3.05) is 0 Å². The average molecular weight is 521 g/mol. The molecule has 0 saturated carbocycles. The summed E-state index contributed by atoms with van der Waals surface area (Å²) in [4.78, 5) is 37.7. The number of aromatic nitrogens is 1. The van der Waals surface area contributed by atoms with Crippen molar-refractivity contribution in [2.24, 2.45) is 0 Å². The number of amides is 1. The van der Waals surface area contributed by atoms with Crippen molar-refractivity contribution in [3.8, 4) is 11.4 Å². The van der Waals surface area contributed by atoms with Crippen LogP contribution in [0, 0.1) is 6.92 Å². The number of benzene rings is 2. The Kier molecular flexibility index (Phi) is 8.10. The molecule has 1 N–H and O–H groups in total. The second kappa shape index (κ2) is 10.9. The van der Waals surface area contributed by atoms with Gasteiger partial charge in [0, 0.05) is 31.0 Å². The summed E-state index contributed by atoms with van der Waals surface area (Å²) in [6, 6.07) is 11.4. The molecule has 0 aliphatic heterocycles. The fraction of sp³-hybridized carbons (Fsp3) is 0.208. The van der Waals surface area contributed by atoms with Crippen LogP contribution in [0.5, 0.6) is 5.75 Å². The van der Waals surface area contributed by atoms with E-state index in [1.807, 2.05) is 0 Å². The third-order valence-electron chi connectivity index (χ3n) is 5.09. The summed E-state index contributed by atoms with van der Waals surface area (Å²) in [7, 11) is 0. The molecule has 0 fully saturated rings. The van der Waals surface area contributed by atoms with E-state index in [9.17, 15) is 36.3 Å². The van der Waals surface area contributed by atoms with Crippen LogP contribution in [0.2, 0.25) is 0 Å². The van der Waals surface area contributed by atoms with Crippen LogP contribution in [0.4, 0.5) is 13.2 Å². The zero-order chi connectivity index (χ0) is 26.6. The molecule has 2 aromatic carbocycles. The van der Waals surface area contributed by atoms with Gasteiger partial charge in [-0.15, -0.1) is 0 Å². The summed E-state index contributed by atoms with van der Waals surface area (Å²) >= 11 is -2.25. The molecule has 12 heteroatoms. The Hall–Kier alpha value is -3.77. The van der Waals surface area contributed by atoms with Gasteiger partial charge in [0.1, 0.15) is 5.56 Å². The molecular weight excluding hydrogens is 501 g/mol. The third kappa shape index (κ3) is 6.46. The lowest BCUT2D eigenvalue weighted by Gasteiger charge is -2.17. The summed E-state index contributed by atoms with van der Waals surface area (Å²) in [5.41, 5.74) is -1.35. The van der Waals surface area contributed by atoms with E-state index in [-0.39, 0.29) is 29.4 Å². The molecule has 8 nitrogen and oxygen atoms in total. The molecule has 0 spiro atoms. The molecule has 36 heavy (non-hydrogen) atoms. The fourth-order valence-electron chi connectivity index (χ4n) is 3.40.